The van der Waals surface area contributed by atoms with Crippen LogP contribution in [0.3, 0.4) is 0 Å². The molecule has 1 aliphatic heterocycles. The van der Waals surface area contributed by atoms with E-state index in [9.17, 15) is 4.79 Å². The second-order valence-electron chi connectivity index (χ2n) is 5.59. The Morgan fingerprint density at radius 1 is 1.21 bits per heavy atom. The van der Waals surface area contributed by atoms with Crippen LogP contribution >= 0.6 is 11.6 Å². The molecule has 1 amide bonds. The van der Waals surface area contributed by atoms with Gasteiger partial charge in [0.15, 0.2) is 11.5 Å². The van der Waals surface area contributed by atoms with E-state index >= 15 is 0 Å². The Kier molecular flexibility index (Phi) is 5.23. The maximum Gasteiger partial charge on any atom is 0.234 e. The topological polar surface area (TPSA) is 59.6 Å². The Morgan fingerprint density at radius 3 is 2.83 bits per heavy atom. The van der Waals surface area contributed by atoms with E-state index in [1.54, 1.807) is 0 Å². The van der Waals surface area contributed by atoms with Crippen LogP contribution in [0.2, 0.25) is 5.02 Å². The molecule has 0 fully saturated rings. The second kappa shape index (κ2) is 7.55. The molecule has 2 aromatic carbocycles. The summed E-state index contributed by atoms with van der Waals surface area (Å²) in [5.74, 6) is 1.37. The summed E-state index contributed by atoms with van der Waals surface area (Å²) in [6.07, 6.45) is 0. The first-order chi connectivity index (χ1) is 11.6. The lowest BCUT2D eigenvalue weighted by Crippen LogP contribution is -2.34. The van der Waals surface area contributed by atoms with Crippen molar-refractivity contribution in [3.05, 3.63) is 58.6 Å². The number of hydrogen-bond acceptors (Lipinski definition) is 4. The Bertz CT molecular complexity index is 736. The molecule has 1 atom stereocenters. The highest BCUT2D eigenvalue weighted by atomic mass is 35.5. The number of carbonyl (C=O) groups is 1. The van der Waals surface area contributed by atoms with Gasteiger partial charge in [0.1, 0.15) is 0 Å². The largest absolute Gasteiger partial charge is 0.454 e. The minimum atomic E-state index is -0.0772. The Morgan fingerprint density at radius 2 is 2.00 bits per heavy atom. The number of amides is 1. The van der Waals surface area contributed by atoms with Gasteiger partial charge in [0.2, 0.25) is 12.7 Å². The summed E-state index contributed by atoms with van der Waals surface area (Å²) in [6, 6.07) is 13.2. The van der Waals surface area contributed by atoms with E-state index in [0.717, 1.165) is 16.9 Å². The van der Waals surface area contributed by atoms with Gasteiger partial charge >= 0.3 is 0 Å². The van der Waals surface area contributed by atoms with E-state index in [0.29, 0.717) is 17.3 Å². The average Bonchev–Trinajstić information content (AvgIpc) is 3.06. The molecular formula is C18H19ClN2O3. The van der Waals surface area contributed by atoms with Gasteiger partial charge in [0.25, 0.3) is 0 Å². The molecule has 24 heavy (non-hydrogen) atoms. The van der Waals surface area contributed by atoms with Gasteiger partial charge in [-0.05, 0) is 36.2 Å². The van der Waals surface area contributed by atoms with Crippen molar-refractivity contribution < 1.29 is 14.3 Å². The first-order valence-corrected chi connectivity index (χ1v) is 8.14. The average molecular weight is 347 g/mol. The van der Waals surface area contributed by atoms with Gasteiger partial charge in [-0.2, -0.15) is 0 Å². The minimum Gasteiger partial charge on any atom is -0.454 e. The van der Waals surface area contributed by atoms with Crippen LogP contribution in [-0.4, -0.2) is 19.2 Å². The zero-order chi connectivity index (χ0) is 16.9. The van der Waals surface area contributed by atoms with Gasteiger partial charge in [-0.3, -0.25) is 4.79 Å². The molecule has 6 heteroatoms. The fourth-order valence-electron chi connectivity index (χ4n) is 2.50. The van der Waals surface area contributed by atoms with Crippen molar-refractivity contribution in [3.63, 3.8) is 0 Å². The third-order valence-corrected chi connectivity index (χ3v) is 4.21. The van der Waals surface area contributed by atoms with E-state index in [1.165, 1.54) is 0 Å². The number of nitrogens with one attached hydrogen (secondary N) is 2. The summed E-state index contributed by atoms with van der Waals surface area (Å²) >= 11 is 6.16. The highest BCUT2D eigenvalue weighted by Gasteiger charge is 2.14. The summed E-state index contributed by atoms with van der Waals surface area (Å²) in [4.78, 5) is 12.0. The molecule has 0 bridgehead atoms. The highest BCUT2D eigenvalue weighted by Crippen LogP contribution is 2.32. The number of halogens is 1. The van der Waals surface area contributed by atoms with Crippen molar-refractivity contribution in [2.45, 2.75) is 19.5 Å². The molecule has 3 rings (SSSR count). The Balaban J connectivity index is 1.47. The number of carbonyl (C=O) groups excluding carboxylic acids is 1. The summed E-state index contributed by atoms with van der Waals surface area (Å²) in [5, 5.41) is 6.75. The molecule has 2 N–H and O–H groups in total. The maximum absolute atomic E-state index is 12.0. The molecule has 0 aliphatic carbocycles. The Labute approximate surface area is 145 Å². The lowest BCUT2D eigenvalue weighted by molar-refractivity contribution is -0.120. The lowest BCUT2D eigenvalue weighted by atomic mass is 10.1. The monoisotopic (exact) mass is 346 g/mol. The first-order valence-electron chi connectivity index (χ1n) is 7.76. The van der Waals surface area contributed by atoms with E-state index in [1.807, 2.05) is 49.4 Å². The van der Waals surface area contributed by atoms with Crippen LogP contribution in [0.1, 0.15) is 24.1 Å². The van der Waals surface area contributed by atoms with Crippen LogP contribution < -0.4 is 20.1 Å². The molecule has 1 heterocycles. The van der Waals surface area contributed by atoms with Crippen molar-refractivity contribution in [1.29, 1.82) is 0 Å². The molecule has 2 aromatic rings. The van der Waals surface area contributed by atoms with Crippen molar-refractivity contribution in [3.8, 4) is 11.5 Å². The van der Waals surface area contributed by atoms with Crippen LogP contribution in [0.15, 0.2) is 42.5 Å². The third-order valence-electron chi connectivity index (χ3n) is 3.87. The molecule has 0 unspecified atom stereocenters. The fraction of sp³-hybridized carbons (Fsp3) is 0.278. The van der Waals surface area contributed by atoms with E-state index in [-0.39, 0.29) is 25.3 Å². The molecule has 0 aromatic heterocycles. The van der Waals surface area contributed by atoms with Crippen molar-refractivity contribution in [2.24, 2.45) is 0 Å². The zero-order valence-electron chi connectivity index (χ0n) is 13.3. The summed E-state index contributed by atoms with van der Waals surface area (Å²) in [6.45, 7) is 2.88. The molecule has 126 valence electrons. The predicted octanol–water partition coefficient (Wildman–Crippen LogP) is 3.04. The molecule has 5 nitrogen and oxygen atoms in total. The first kappa shape index (κ1) is 16.6. The van der Waals surface area contributed by atoms with Crippen molar-refractivity contribution in [1.82, 2.24) is 10.6 Å². The number of fused-ring (bicyclic) bond motifs is 1. The summed E-state index contributed by atoms with van der Waals surface area (Å²) < 4.78 is 10.6. The zero-order valence-corrected chi connectivity index (χ0v) is 14.1. The number of rotatable bonds is 6. The lowest BCUT2D eigenvalue weighted by Gasteiger charge is -2.15. The fourth-order valence-corrected chi connectivity index (χ4v) is 2.80. The standard InChI is InChI=1S/C18H19ClN2O3/c1-12(14-4-2-3-5-15(14)19)20-10-18(22)21-9-13-6-7-16-17(8-13)24-11-23-16/h2-8,12,20H,9-11H2,1H3,(H,21,22)/t12-/m0/s1. The van der Waals surface area contributed by atoms with Crippen molar-refractivity contribution >= 4 is 17.5 Å². The highest BCUT2D eigenvalue weighted by molar-refractivity contribution is 6.31. The summed E-state index contributed by atoms with van der Waals surface area (Å²) in [7, 11) is 0. The van der Waals surface area contributed by atoms with Gasteiger partial charge in [0, 0.05) is 17.6 Å². The molecule has 0 saturated carbocycles. The van der Waals surface area contributed by atoms with E-state index in [2.05, 4.69) is 10.6 Å². The van der Waals surface area contributed by atoms with E-state index in [4.69, 9.17) is 21.1 Å². The van der Waals surface area contributed by atoms with Gasteiger partial charge < -0.3 is 20.1 Å². The van der Waals surface area contributed by atoms with Crippen LogP contribution in [0.4, 0.5) is 0 Å². The van der Waals surface area contributed by atoms with Crippen molar-refractivity contribution in [2.75, 3.05) is 13.3 Å². The van der Waals surface area contributed by atoms with Gasteiger partial charge in [-0.1, -0.05) is 35.9 Å². The summed E-state index contributed by atoms with van der Waals surface area (Å²) in [5.41, 5.74) is 1.94. The molecule has 0 spiro atoms. The smallest absolute Gasteiger partial charge is 0.234 e. The minimum absolute atomic E-state index is 0.00464. The normalized spacial score (nSPS) is 13.6. The number of hydrogen-bond donors (Lipinski definition) is 2. The van der Waals surface area contributed by atoms with Crippen LogP contribution in [0.25, 0.3) is 0 Å². The quantitative estimate of drug-likeness (QED) is 0.844. The van der Waals surface area contributed by atoms with Gasteiger partial charge in [-0.25, -0.2) is 0 Å². The molecular weight excluding hydrogens is 328 g/mol. The van der Waals surface area contributed by atoms with Crippen LogP contribution in [0, 0.1) is 0 Å². The maximum atomic E-state index is 12.0. The molecule has 0 radical (unpaired) electrons. The second-order valence-corrected chi connectivity index (χ2v) is 6.00. The predicted molar refractivity (Wildman–Crippen MR) is 92.3 cm³/mol. The number of ether oxygens (including phenoxy) is 2. The van der Waals surface area contributed by atoms with Crippen LogP contribution in [-0.2, 0) is 11.3 Å². The Hall–Kier alpha value is -2.24. The SMILES string of the molecule is C[C@H](NCC(=O)NCc1ccc2c(c1)OCO2)c1ccccc1Cl. The molecule has 1 aliphatic rings. The van der Waals surface area contributed by atoms with Gasteiger partial charge in [0.05, 0.1) is 6.54 Å². The van der Waals surface area contributed by atoms with Gasteiger partial charge in [-0.15, -0.1) is 0 Å². The third kappa shape index (κ3) is 3.99. The molecule has 0 saturated heterocycles. The number of benzene rings is 2. The van der Waals surface area contributed by atoms with E-state index < -0.39 is 0 Å². The van der Waals surface area contributed by atoms with Crippen LogP contribution in [0.5, 0.6) is 11.5 Å².